The van der Waals surface area contributed by atoms with Gasteiger partial charge in [-0.15, -0.1) is 0 Å². The molecule has 0 N–H and O–H groups in total. The van der Waals surface area contributed by atoms with Crippen molar-refractivity contribution in [3.05, 3.63) is 60.7 Å². The summed E-state index contributed by atoms with van der Waals surface area (Å²) in [6, 6.07) is 20.1. The smallest absolute Gasteiger partial charge is 0.134 e. The normalized spacial score (nSPS) is 10.9. The lowest BCUT2D eigenvalue weighted by Gasteiger charge is -2.19. The lowest BCUT2D eigenvalue weighted by Crippen LogP contribution is -1.97. The first-order valence-electron chi connectivity index (χ1n) is 9.01. The van der Waals surface area contributed by atoms with Crippen molar-refractivity contribution in [2.45, 2.75) is 0 Å². The van der Waals surface area contributed by atoms with Crippen LogP contribution in [-0.4, -0.2) is 28.4 Å². The van der Waals surface area contributed by atoms with E-state index in [1.807, 2.05) is 54.6 Å². The van der Waals surface area contributed by atoms with Crippen molar-refractivity contribution in [1.29, 1.82) is 0 Å². The van der Waals surface area contributed by atoms with Crippen LogP contribution < -0.4 is 18.9 Å². The third-order valence-corrected chi connectivity index (χ3v) is 5.07. The molecule has 4 aromatic rings. The van der Waals surface area contributed by atoms with Gasteiger partial charge in [-0.1, -0.05) is 36.4 Å². The van der Waals surface area contributed by atoms with E-state index in [0.29, 0.717) is 0 Å². The molecule has 0 aromatic heterocycles. The average Bonchev–Trinajstić information content (AvgIpc) is 2.76. The van der Waals surface area contributed by atoms with Crippen LogP contribution in [0.4, 0.5) is 0 Å². The molecule has 0 spiro atoms. The summed E-state index contributed by atoms with van der Waals surface area (Å²) in [4.78, 5) is 0. The van der Waals surface area contributed by atoms with Crippen LogP contribution in [0.25, 0.3) is 32.7 Å². The van der Waals surface area contributed by atoms with E-state index in [2.05, 4.69) is 6.07 Å². The van der Waals surface area contributed by atoms with Crippen LogP contribution in [-0.2, 0) is 0 Å². The summed E-state index contributed by atoms with van der Waals surface area (Å²) in [6.07, 6.45) is 0. The van der Waals surface area contributed by atoms with Crippen molar-refractivity contribution < 1.29 is 18.9 Å². The van der Waals surface area contributed by atoms with Gasteiger partial charge in [0.05, 0.1) is 28.4 Å². The first kappa shape index (κ1) is 18.0. The van der Waals surface area contributed by atoms with Crippen LogP contribution >= 0.6 is 0 Å². The lowest BCUT2D eigenvalue weighted by molar-refractivity contribution is 0.408. The van der Waals surface area contributed by atoms with Crippen molar-refractivity contribution in [2.75, 3.05) is 28.4 Å². The third kappa shape index (κ3) is 2.69. The highest BCUT2D eigenvalue weighted by molar-refractivity contribution is 6.08. The van der Waals surface area contributed by atoms with Gasteiger partial charge < -0.3 is 18.9 Å². The molecule has 142 valence electrons. The largest absolute Gasteiger partial charge is 0.496 e. The second kappa shape index (κ2) is 7.31. The summed E-state index contributed by atoms with van der Waals surface area (Å²) >= 11 is 0. The molecule has 0 saturated heterocycles. The monoisotopic (exact) mass is 374 g/mol. The Morgan fingerprint density at radius 3 is 1.82 bits per heavy atom. The van der Waals surface area contributed by atoms with E-state index in [0.717, 1.165) is 55.7 Å². The maximum absolute atomic E-state index is 5.88. The highest BCUT2D eigenvalue weighted by atomic mass is 16.5. The lowest BCUT2D eigenvalue weighted by atomic mass is 9.93. The van der Waals surface area contributed by atoms with E-state index in [-0.39, 0.29) is 0 Å². The topological polar surface area (TPSA) is 36.9 Å². The highest BCUT2D eigenvalue weighted by Crippen LogP contribution is 2.48. The summed E-state index contributed by atoms with van der Waals surface area (Å²) in [5.74, 6) is 3.14. The Kier molecular flexibility index (Phi) is 4.70. The number of methoxy groups -OCH3 is 4. The van der Waals surface area contributed by atoms with E-state index in [9.17, 15) is 0 Å². The van der Waals surface area contributed by atoms with E-state index in [1.54, 1.807) is 28.4 Å². The molecule has 0 bridgehead atoms. The number of ether oxygens (including phenoxy) is 4. The summed E-state index contributed by atoms with van der Waals surface area (Å²) in [5.41, 5.74) is 1.86. The van der Waals surface area contributed by atoms with E-state index in [1.165, 1.54) is 0 Å². The molecule has 0 aliphatic carbocycles. The Morgan fingerprint density at radius 2 is 1.14 bits per heavy atom. The molecule has 0 unspecified atom stereocenters. The predicted octanol–water partition coefficient (Wildman–Crippen LogP) is 5.69. The van der Waals surface area contributed by atoms with Gasteiger partial charge in [0.25, 0.3) is 0 Å². The molecular formula is C24H22O4. The van der Waals surface area contributed by atoms with E-state index in [4.69, 9.17) is 18.9 Å². The molecule has 28 heavy (non-hydrogen) atoms. The molecular weight excluding hydrogens is 352 g/mol. The standard InChI is InChI=1S/C24H22O4/c1-25-20-11-7-10-17-16(20)12-13-21(26-2)23(17)19-14-22(27-3)15-8-5-6-9-18(15)24(19)28-4/h5-14H,1-4H3. The predicted molar refractivity (Wildman–Crippen MR) is 113 cm³/mol. The molecule has 0 fully saturated rings. The summed E-state index contributed by atoms with van der Waals surface area (Å²) in [7, 11) is 6.73. The Hall–Kier alpha value is -3.40. The van der Waals surface area contributed by atoms with Crippen LogP contribution in [0.3, 0.4) is 0 Å². The van der Waals surface area contributed by atoms with Crippen LogP contribution in [0.1, 0.15) is 0 Å². The second-order valence-corrected chi connectivity index (χ2v) is 6.40. The van der Waals surface area contributed by atoms with Crippen molar-refractivity contribution in [1.82, 2.24) is 0 Å². The molecule has 0 atom stereocenters. The van der Waals surface area contributed by atoms with Crippen LogP contribution in [0.15, 0.2) is 60.7 Å². The van der Waals surface area contributed by atoms with Crippen molar-refractivity contribution in [2.24, 2.45) is 0 Å². The number of hydrogen-bond donors (Lipinski definition) is 0. The molecule has 4 nitrogen and oxygen atoms in total. The van der Waals surface area contributed by atoms with E-state index < -0.39 is 0 Å². The first-order chi connectivity index (χ1) is 13.7. The van der Waals surface area contributed by atoms with Gasteiger partial charge in [-0.25, -0.2) is 0 Å². The minimum atomic E-state index is 0.761. The molecule has 0 amide bonds. The molecule has 4 heteroatoms. The fourth-order valence-corrected chi connectivity index (χ4v) is 3.82. The Morgan fingerprint density at radius 1 is 0.500 bits per heavy atom. The zero-order chi connectivity index (χ0) is 19.7. The Bertz CT molecular complexity index is 1160. The van der Waals surface area contributed by atoms with Gasteiger partial charge in [0.2, 0.25) is 0 Å². The minimum Gasteiger partial charge on any atom is -0.496 e. The molecule has 0 saturated carbocycles. The maximum atomic E-state index is 5.88. The van der Waals surface area contributed by atoms with Gasteiger partial charge in [-0.05, 0) is 29.7 Å². The minimum absolute atomic E-state index is 0.761. The zero-order valence-electron chi connectivity index (χ0n) is 16.4. The van der Waals surface area contributed by atoms with E-state index >= 15 is 0 Å². The fourth-order valence-electron chi connectivity index (χ4n) is 3.82. The van der Waals surface area contributed by atoms with Gasteiger partial charge in [-0.2, -0.15) is 0 Å². The quantitative estimate of drug-likeness (QED) is 0.449. The summed E-state index contributed by atoms with van der Waals surface area (Å²) in [5, 5.41) is 4.02. The fraction of sp³-hybridized carbons (Fsp3) is 0.167. The van der Waals surface area contributed by atoms with Gasteiger partial charge in [0, 0.05) is 27.3 Å². The van der Waals surface area contributed by atoms with Gasteiger partial charge >= 0.3 is 0 Å². The zero-order valence-corrected chi connectivity index (χ0v) is 16.4. The molecule has 0 aliphatic rings. The average molecular weight is 374 g/mol. The van der Waals surface area contributed by atoms with Crippen LogP contribution in [0.2, 0.25) is 0 Å². The Balaban J connectivity index is 2.17. The number of hydrogen-bond acceptors (Lipinski definition) is 4. The molecule has 0 heterocycles. The second-order valence-electron chi connectivity index (χ2n) is 6.40. The highest BCUT2D eigenvalue weighted by Gasteiger charge is 2.20. The first-order valence-corrected chi connectivity index (χ1v) is 9.01. The number of fused-ring (bicyclic) bond motifs is 2. The molecule has 0 aliphatic heterocycles. The Labute approximate surface area is 164 Å². The van der Waals surface area contributed by atoms with Crippen molar-refractivity contribution >= 4 is 21.5 Å². The summed E-state index contributed by atoms with van der Waals surface area (Å²) < 4.78 is 22.9. The van der Waals surface area contributed by atoms with Gasteiger partial charge in [0.15, 0.2) is 0 Å². The SMILES string of the molecule is COc1ccc2c(OC)cccc2c1-c1cc(OC)c2ccccc2c1OC. The summed E-state index contributed by atoms with van der Waals surface area (Å²) in [6.45, 7) is 0. The van der Waals surface area contributed by atoms with Crippen molar-refractivity contribution in [3.63, 3.8) is 0 Å². The van der Waals surface area contributed by atoms with Gasteiger partial charge in [0.1, 0.15) is 23.0 Å². The maximum Gasteiger partial charge on any atom is 0.134 e. The molecule has 0 radical (unpaired) electrons. The molecule has 4 rings (SSSR count). The third-order valence-electron chi connectivity index (χ3n) is 5.07. The van der Waals surface area contributed by atoms with Crippen molar-refractivity contribution in [3.8, 4) is 34.1 Å². The molecule has 4 aromatic carbocycles. The van der Waals surface area contributed by atoms with Crippen LogP contribution in [0, 0.1) is 0 Å². The van der Waals surface area contributed by atoms with Gasteiger partial charge in [-0.3, -0.25) is 0 Å². The van der Waals surface area contributed by atoms with Crippen LogP contribution in [0.5, 0.6) is 23.0 Å². The number of benzene rings is 4. The number of rotatable bonds is 5.